The SMILES string of the molecule is C=C1OC2Nc3nc(N)nc(OCCCC)c3N=C2C12SCCCS2. The van der Waals surface area contributed by atoms with Crippen molar-refractivity contribution in [1.29, 1.82) is 0 Å². The zero-order valence-electron chi connectivity index (χ0n) is 14.1. The summed E-state index contributed by atoms with van der Waals surface area (Å²) in [6.07, 6.45) is 2.80. The highest BCUT2D eigenvalue weighted by Gasteiger charge is 2.54. The van der Waals surface area contributed by atoms with Gasteiger partial charge in [-0.1, -0.05) is 19.9 Å². The van der Waals surface area contributed by atoms with Gasteiger partial charge in [0.25, 0.3) is 0 Å². The molecule has 3 aliphatic rings. The van der Waals surface area contributed by atoms with Crippen molar-refractivity contribution < 1.29 is 9.47 Å². The summed E-state index contributed by atoms with van der Waals surface area (Å²) in [6.45, 7) is 6.83. The number of nitrogen functional groups attached to an aromatic ring is 1. The monoisotopic (exact) mass is 379 g/mol. The molecule has 1 aromatic rings. The number of fused-ring (bicyclic) bond motifs is 3. The largest absolute Gasteiger partial charge is 0.476 e. The molecule has 0 radical (unpaired) electrons. The minimum absolute atomic E-state index is 0.157. The molecule has 3 aliphatic heterocycles. The molecular weight excluding hydrogens is 358 g/mol. The van der Waals surface area contributed by atoms with Crippen LogP contribution in [-0.4, -0.2) is 44.1 Å². The van der Waals surface area contributed by atoms with E-state index in [0.29, 0.717) is 24.0 Å². The highest BCUT2D eigenvalue weighted by molar-refractivity contribution is 8.20. The fourth-order valence-electron chi connectivity index (χ4n) is 2.97. The molecule has 3 N–H and O–H groups in total. The van der Waals surface area contributed by atoms with Crippen LogP contribution in [0.25, 0.3) is 0 Å². The Kier molecular flexibility index (Phi) is 4.45. The van der Waals surface area contributed by atoms with Crippen molar-refractivity contribution in [2.45, 2.75) is 36.5 Å². The molecule has 1 spiro atoms. The first-order valence-electron chi connectivity index (χ1n) is 8.44. The van der Waals surface area contributed by atoms with Gasteiger partial charge in [0.1, 0.15) is 11.5 Å². The van der Waals surface area contributed by atoms with Crippen molar-refractivity contribution in [3.63, 3.8) is 0 Å². The van der Waals surface area contributed by atoms with E-state index in [1.54, 1.807) is 0 Å². The number of nitrogens with one attached hydrogen (secondary N) is 1. The molecule has 0 bridgehead atoms. The van der Waals surface area contributed by atoms with Crippen LogP contribution in [0.2, 0.25) is 0 Å². The Labute approximate surface area is 155 Å². The minimum Gasteiger partial charge on any atom is -0.476 e. The summed E-state index contributed by atoms with van der Waals surface area (Å²) in [4.78, 5) is 13.4. The van der Waals surface area contributed by atoms with E-state index in [0.717, 1.165) is 35.8 Å². The molecule has 25 heavy (non-hydrogen) atoms. The second-order valence-corrected chi connectivity index (χ2v) is 8.89. The van der Waals surface area contributed by atoms with Crippen LogP contribution in [0.15, 0.2) is 17.3 Å². The lowest BCUT2D eigenvalue weighted by Crippen LogP contribution is -2.39. The van der Waals surface area contributed by atoms with E-state index < -0.39 is 0 Å². The summed E-state index contributed by atoms with van der Waals surface area (Å²) in [5.74, 6) is 3.99. The topological polar surface area (TPSA) is 94.7 Å². The van der Waals surface area contributed by atoms with Crippen molar-refractivity contribution >= 4 is 46.7 Å². The molecule has 0 saturated carbocycles. The number of hydrogen-bond donors (Lipinski definition) is 2. The molecule has 0 aliphatic carbocycles. The maximum absolute atomic E-state index is 5.97. The average molecular weight is 380 g/mol. The first-order chi connectivity index (χ1) is 12.1. The number of nitrogens with zero attached hydrogens (tertiary/aromatic N) is 3. The third-order valence-electron chi connectivity index (χ3n) is 4.22. The number of aliphatic imine (C=N–C) groups is 1. The molecule has 4 heterocycles. The fourth-order valence-corrected chi connectivity index (χ4v) is 6.16. The summed E-state index contributed by atoms with van der Waals surface area (Å²) >= 11 is 3.67. The third-order valence-corrected chi connectivity index (χ3v) is 7.60. The maximum Gasteiger partial charge on any atom is 0.247 e. The molecule has 4 rings (SSSR count). The molecule has 0 amide bonds. The lowest BCUT2D eigenvalue weighted by atomic mass is 10.2. The first kappa shape index (κ1) is 16.8. The summed E-state index contributed by atoms with van der Waals surface area (Å²) in [5.41, 5.74) is 7.34. The van der Waals surface area contributed by atoms with Crippen LogP contribution in [0.1, 0.15) is 26.2 Å². The van der Waals surface area contributed by atoms with Crippen molar-refractivity contribution in [2.24, 2.45) is 4.99 Å². The summed E-state index contributed by atoms with van der Waals surface area (Å²) < 4.78 is 11.5. The van der Waals surface area contributed by atoms with Crippen LogP contribution in [0.5, 0.6) is 5.88 Å². The van der Waals surface area contributed by atoms with Gasteiger partial charge in [0.15, 0.2) is 15.6 Å². The smallest absolute Gasteiger partial charge is 0.247 e. The second kappa shape index (κ2) is 6.60. The zero-order valence-corrected chi connectivity index (χ0v) is 15.7. The van der Waals surface area contributed by atoms with E-state index in [1.807, 2.05) is 23.5 Å². The van der Waals surface area contributed by atoms with Crippen LogP contribution < -0.4 is 15.8 Å². The Morgan fingerprint density at radius 2 is 2.20 bits per heavy atom. The van der Waals surface area contributed by atoms with Crippen LogP contribution >= 0.6 is 23.5 Å². The van der Waals surface area contributed by atoms with E-state index in [9.17, 15) is 0 Å². The molecular formula is C16H21N5O2S2. The van der Waals surface area contributed by atoms with Crippen LogP contribution in [0.4, 0.5) is 17.5 Å². The average Bonchev–Trinajstić information content (AvgIpc) is 2.85. The van der Waals surface area contributed by atoms with E-state index in [1.165, 1.54) is 6.42 Å². The molecule has 0 aromatic carbocycles. The number of hydrogen-bond acceptors (Lipinski definition) is 9. The molecule has 1 aromatic heterocycles. The Bertz CT molecular complexity index is 733. The number of unbranched alkanes of at least 4 members (excludes halogenated alkanes) is 1. The Balaban J connectivity index is 1.74. The highest BCUT2D eigenvalue weighted by atomic mass is 32.2. The Hall–Kier alpha value is -1.61. The van der Waals surface area contributed by atoms with Gasteiger partial charge in [0, 0.05) is 0 Å². The molecule has 2 saturated heterocycles. The minimum atomic E-state index is -0.365. The van der Waals surface area contributed by atoms with Gasteiger partial charge in [0.05, 0.1) is 6.61 Å². The quantitative estimate of drug-likeness (QED) is 0.770. The predicted molar refractivity (Wildman–Crippen MR) is 104 cm³/mol. The molecule has 1 unspecified atom stereocenters. The number of nitrogens with two attached hydrogens (primary N) is 1. The van der Waals surface area contributed by atoms with Crippen LogP contribution in [-0.2, 0) is 4.74 Å². The van der Waals surface area contributed by atoms with Crippen LogP contribution in [0, 0.1) is 0 Å². The Morgan fingerprint density at radius 3 is 2.96 bits per heavy atom. The molecule has 2 fully saturated rings. The molecule has 9 heteroatoms. The number of aromatic nitrogens is 2. The molecule has 7 nitrogen and oxygen atoms in total. The number of anilines is 2. The van der Waals surface area contributed by atoms with E-state index >= 15 is 0 Å². The number of rotatable bonds is 4. The van der Waals surface area contributed by atoms with E-state index in [4.69, 9.17) is 20.2 Å². The summed E-state index contributed by atoms with van der Waals surface area (Å²) in [5, 5.41) is 3.28. The summed E-state index contributed by atoms with van der Waals surface area (Å²) in [7, 11) is 0. The van der Waals surface area contributed by atoms with Gasteiger partial charge in [-0.15, -0.1) is 23.5 Å². The van der Waals surface area contributed by atoms with Crippen molar-refractivity contribution in [2.75, 3.05) is 29.2 Å². The maximum atomic E-state index is 5.97. The third kappa shape index (κ3) is 2.83. The van der Waals surface area contributed by atoms with Gasteiger partial charge >= 0.3 is 0 Å². The van der Waals surface area contributed by atoms with E-state index in [2.05, 4.69) is 28.8 Å². The van der Waals surface area contributed by atoms with Crippen molar-refractivity contribution in [1.82, 2.24) is 9.97 Å². The summed E-state index contributed by atoms with van der Waals surface area (Å²) in [6, 6.07) is 0. The van der Waals surface area contributed by atoms with Gasteiger partial charge in [-0.3, -0.25) is 0 Å². The van der Waals surface area contributed by atoms with Crippen LogP contribution in [0.3, 0.4) is 0 Å². The van der Waals surface area contributed by atoms with Gasteiger partial charge in [0.2, 0.25) is 18.1 Å². The highest BCUT2D eigenvalue weighted by Crippen LogP contribution is 2.55. The normalized spacial score (nSPS) is 23.3. The Morgan fingerprint density at radius 1 is 1.40 bits per heavy atom. The second-order valence-electron chi connectivity index (χ2n) is 6.02. The molecule has 1 atom stereocenters. The fraction of sp³-hybridized carbons (Fsp3) is 0.562. The first-order valence-corrected chi connectivity index (χ1v) is 10.4. The van der Waals surface area contributed by atoms with Gasteiger partial charge in [-0.2, -0.15) is 9.97 Å². The number of thioether (sulfide) groups is 2. The van der Waals surface area contributed by atoms with Crippen molar-refractivity contribution in [3.05, 3.63) is 12.3 Å². The lowest BCUT2D eigenvalue weighted by molar-refractivity contribution is 0.214. The van der Waals surface area contributed by atoms with Crippen molar-refractivity contribution in [3.8, 4) is 5.88 Å². The number of ether oxygens (including phenoxy) is 2. The van der Waals surface area contributed by atoms with Gasteiger partial charge < -0.3 is 20.5 Å². The van der Waals surface area contributed by atoms with E-state index in [-0.39, 0.29) is 16.3 Å². The predicted octanol–water partition coefficient (Wildman–Crippen LogP) is 3.17. The lowest BCUT2D eigenvalue weighted by Gasteiger charge is -2.32. The zero-order chi connectivity index (χ0) is 17.4. The molecule has 134 valence electrons. The standard InChI is InChI=1S/C16H21N5O2S2/c1-3-4-6-22-13-10-12(20-15(17)21-13)19-14-11(18-10)16(9(2)23-14)24-7-5-8-25-16/h14H,2-8H2,1H3,(H3,17,19,20,21). The van der Waals surface area contributed by atoms with Gasteiger partial charge in [-0.05, 0) is 24.3 Å². The van der Waals surface area contributed by atoms with Gasteiger partial charge in [-0.25, -0.2) is 4.99 Å².